The van der Waals surface area contributed by atoms with Crippen LogP contribution in [-0.4, -0.2) is 52.6 Å². The zero-order valence-electron chi connectivity index (χ0n) is 18.3. The maximum absolute atomic E-state index is 13.5. The lowest BCUT2D eigenvalue weighted by Crippen LogP contribution is -2.40. The standard InChI is InChI=1S/C26H25ClFN3O2/c27-21-13-20(7-8-22(21)28)17-1-3-18(4-2-17)23-29-26(10-11-26)25(33)31(23)15-16-9-12-30(14-16)24(32)19-5-6-19/h1-4,7-8,13,16,19H,5-6,9-12,14-15H2. The van der Waals surface area contributed by atoms with Crippen molar-refractivity contribution < 1.29 is 14.0 Å². The quantitative estimate of drug-likeness (QED) is 0.651. The highest BCUT2D eigenvalue weighted by Crippen LogP contribution is 2.46. The van der Waals surface area contributed by atoms with Crippen LogP contribution in [0, 0.1) is 17.7 Å². The number of benzene rings is 2. The molecule has 0 radical (unpaired) electrons. The van der Waals surface area contributed by atoms with Crippen LogP contribution in [0.4, 0.5) is 4.39 Å². The van der Waals surface area contributed by atoms with Gasteiger partial charge in [0.2, 0.25) is 5.91 Å². The summed E-state index contributed by atoms with van der Waals surface area (Å²) in [5.74, 6) is 1.18. The van der Waals surface area contributed by atoms with Crippen molar-refractivity contribution in [3.63, 3.8) is 0 Å². The first-order chi connectivity index (χ1) is 15.9. The van der Waals surface area contributed by atoms with Crippen molar-refractivity contribution in [2.24, 2.45) is 16.8 Å². The van der Waals surface area contributed by atoms with E-state index in [1.54, 1.807) is 12.1 Å². The Labute approximate surface area is 197 Å². The predicted molar refractivity (Wildman–Crippen MR) is 124 cm³/mol. The summed E-state index contributed by atoms with van der Waals surface area (Å²) in [5, 5.41) is 0.0926. The maximum Gasteiger partial charge on any atom is 0.256 e. The average Bonchev–Trinajstić information content (AvgIpc) is 3.74. The van der Waals surface area contributed by atoms with E-state index in [1.807, 2.05) is 34.1 Å². The Hall–Kier alpha value is -2.73. The molecule has 0 aromatic heterocycles. The van der Waals surface area contributed by atoms with E-state index >= 15 is 0 Å². The molecule has 2 heterocycles. The molecular weight excluding hydrogens is 441 g/mol. The minimum absolute atomic E-state index is 0.0926. The summed E-state index contributed by atoms with van der Waals surface area (Å²) in [6.45, 7) is 2.11. The van der Waals surface area contributed by atoms with E-state index in [4.69, 9.17) is 16.6 Å². The second-order valence-electron chi connectivity index (χ2n) is 9.80. The summed E-state index contributed by atoms with van der Waals surface area (Å²) >= 11 is 5.94. The molecule has 2 aliphatic heterocycles. The van der Waals surface area contributed by atoms with Crippen LogP contribution in [0.3, 0.4) is 0 Å². The Morgan fingerprint density at radius 3 is 2.42 bits per heavy atom. The van der Waals surface area contributed by atoms with Gasteiger partial charge in [0.25, 0.3) is 5.91 Å². The van der Waals surface area contributed by atoms with Crippen LogP contribution in [0.1, 0.15) is 37.7 Å². The van der Waals surface area contributed by atoms with Gasteiger partial charge in [-0.25, -0.2) is 4.39 Å². The lowest BCUT2D eigenvalue weighted by atomic mass is 10.0. The number of nitrogens with zero attached hydrogens (tertiary/aromatic N) is 3. The van der Waals surface area contributed by atoms with Crippen molar-refractivity contribution in [1.29, 1.82) is 0 Å². The Bertz CT molecular complexity index is 1170. The Balaban J connectivity index is 1.21. The molecule has 1 saturated heterocycles. The van der Waals surface area contributed by atoms with Crippen LogP contribution in [0.15, 0.2) is 47.5 Å². The number of amidine groups is 1. The summed E-state index contributed by atoms with van der Waals surface area (Å²) in [4.78, 5) is 34.4. The molecule has 170 valence electrons. The number of aliphatic imine (C=N–C) groups is 1. The van der Waals surface area contributed by atoms with E-state index in [0.717, 1.165) is 67.7 Å². The molecule has 2 amide bonds. The summed E-state index contributed by atoms with van der Waals surface area (Å²) in [6, 6.07) is 12.5. The average molecular weight is 466 g/mol. The van der Waals surface area contributed by atoms with Gasteiger partial charge in [-0.2, -0.15) is 0 Å². The molecule has 6 rings (SSSR count). The van der Waals surface area contributed by atoms with Crippen molar-refractivity contribution in [3.8, 4) is 11.1 Å². The molecule has 2 saturated carbocycles. The van der Waals surface area contributed by atoms with Crippen LogP contribution in [-0.2, 0) is 9.59 Å². The maximum atomic E-state index is 13.5. The van der Waals surface area contributed by atoms with E-state index in [0.29, 0.717) is 6.54 Å². The molecule has 1 atom stereocenters. The van der Waals surface area contributed by atoms with Crippen LogP contribution in [0.25, 0.3) is 11.1 Å². The number of rotatable bonds is 5. The van der Waals surface area contributed by atoms with Crippen LogP contribution >= 0.6 is 11.6 Å². The fourth-order valence-electron chi connectivity index (χ4n) is 5.01. The first-order valence-corrected chi connectivity index (χ1v) is 12.1. The fourth-order valence-corrected chi connectivity index (χ4v) is 5.19. The van der Waals surface area contributed by atoms with Crippen molar-refractivity contribution in [3.05, 3.63) is 58.9 Å². The molecule has 1 unspecified atom stereocenters. The summed E-state index contributed by atoms with van der Waals surface area (Å²) in [6.07, 6.45) is 4.56. The minimum Gasteiger partial charge on any atom is -0.342 e. The van der Waals surface area contributed by atoms with Crippen molar-refractivity contribution >= 4 is 29.3 Å². The van der Waals surface area contributed by atoms with Crippen LogP contribution in [0.2, 0.25) is 5.02 Å². The lowest BCUT2D eigenvalue weighted by Gasteiger charge is -2.23. The molecular formula is C26H25ClFN3O2. The SMILES string of the molecule is O=C(C1CC1)N1CCC(CN2C(=O)C3(CC3)N=C2c2ccc(-c3ccc(F)c(Cl)c3)cc2)C1. The number of likely N-dealkylation sites (tertiary alicyclic amines) is 1. The molecule has 2 aliphatic carbocycles. The number of hydrogen-bond donors (Lipinski definition) is 0. The molecule has 2 aromatic carbocycles. The van der Waals surface area contributed by atoms with Gasteiger partial charge < -0.3 is 4.90 Å². The zero-order chi connectivity index (χ0) is 22.7. The van der Waals surface area contributed by atoms with E-state index in [1.165, 1.54) is 6.07 Å². The van der Waals surface area contributed by atoms with Crippen LogP contribution < -0.4 is 0 Å². The first kappa shape index (κ1) is 20.8. The largest absolute Gasteiger partial charge is 0.342 e. The van der Waals surface area contributed by atoms with Gasteiger partial charge in [0.15, 0.2) is 0 Å². The third-order valence-corrected chi connectivity index (χ3v) is 7.59. The summed E-state index contributed by atoms with van der Waals surface area (Å²) in [5.41, 5.74) is 2.08. The third kappa shape index (κ3) is 3.74. The molecule has 0 bridgehead atoms. The molecule has 0 N–H and O–H groups in total. The van der Waals surface area contributed by atoms with E-state index in [-0.39, 0.29) is 28.7 Å². The number of carbonyl (C=O) groups is 2. The molecule has 3 fully saturated rings. The number of halogens is 2. The second-order valence-corrected chi connectivity index (χ2v) is 10.2. The lowest BCUT2D eigenvalue weighted by molar-refractivity contribution is -0.131. The Morgan fingerprint density at radius 2 is 1.76 bits per heavy atom. The predicted octanol–water partition coefficient (Wildman–Crippen LogP) is 4.53. The summed E-state index contributed by atoms with van der Waals surface area (Å²) < 4.78 is 13.5. The molecule has 5 nitrogen and oxygen atoms in total. The van der Waals surface area contributed by atoms with Gasteiger partial charge in [-0.1, -0.05) is 41.9 Å². The van der Waals surface area contributed by atoms with Crippen molar-refractivity contribution in [2.45, 2.75) is 37.6 Å². The molecule has 1 spiro atoms. The molecule has 4 aliphatic rings. The van der Waals surface area contributed by atoms with Gasteiger partial charge in [0.05, 0.1) is 5.02 Å². The summed E-state index contributed by atoms with van der Waals surface area (Å²) in [7, 11) is 0. The topological polar surface area (TPSA) is 53.0 Å². The Morgan fingerprint density at radius 1 is 1.06 bits per heavy atom. The monoisotopic (exact) mass is 465 g/mol. The van der Waals surface area contributed by atoms with E-state index < -0.39 is 11.4 Å². The number of hydrogen-bond acceptors (Lipinski definition) is 3. The first-order valence-electron chi connectivity index (χ1n) is 11.7. The third-order valence-electron chi connectivity index (χ3n) is 7.30. The Kier molecular flexibility index (Phi) is 4.84. The normalized spacial score (nSPS) is 23.4. The molecule has 7 heteroatoms. The second kappa shape index (κ2) is 7.66. The van der Waals surface area contributed by atoms with Gasteiger partial charge in [-0.15, -0.1) is 0 Å². The van der Waals surface area contributed by atoms with E-state index in [2.05, 4.69) is 0 Å². The van der Waals surface area contributed by atoms with Crippen molar-refractivity contribution in [2.75, 3.05) is 19.6 Å². The molecule has 33 heavy (non-hydrogen) atoms. The highest BCUT2D eigenvalue weighted by atomic mass is 35.5. The molecule has 2 aromatic rings. The minimum atomic E-state index is -0.569. The van der Waals surface area contributed by atoms with E-state index in [9.17, 15) is 14.0 Å². The fraction of sp³-hybridized carbons (Fsp3) is 0.423. The van der Waals surface area contributed by atoms with Gasteiger partial charge in [0.1, 0.15) is 17.2 Å². The number of amides is 2. The smallest absolute Gasteiger partial charge is 0.256 e. The van der Waals surface area contributed by atoms with Gasteiger partial charge in [-0.05, 0) is 61.3 Å². The highest BCUT2D eigenvalue weighted by molar-refractivity contribution is 6.31. The highest BCUT2D eigenvalue weighted by Gasteiger charge is 2.57. The van der Waals surface area contributed by atoms with Crippen LogP contribution in [0.5, 0.6) is 0 Å². The number of carbonyl (C=O) groups excluding carboxylic acids is 2. The van der Waals surface area contributed by atoms with Gasteiger partial charge >= 0.3 is 0 Å². The van der Waals surface area contributed by atoms with Gasteiger partial charge in [0, 0.05) is 31.1 Å². The van der Waals surface area contributed by atoms with Gasteiger partial charge in [-0.3, -0.25) is 19.5 Å². The van der Waals surface area contributed by atoms with Crippen molar-refractivity contribution in [1.82, 2.24) is 9.80 Å². The zero-order valence-corrected chi connectivity index (χ0v) is 19.0.